The summed E-state index contributed by atoms with van der Waals surface area (Å²) in [6.45, 7) is 0. The number of hydrogen-bond donors (Lipinski definition) is 0. The lowest BCUT2D eigenvalue weighted by atomic mass is 10.1. The van der Waals surface area contributed by atoms with Gasteiger partial charge in [0, 0.05) is 18.8 Å². The van der Waals surface area contributed by atoms with E-state index in [-0.39, 0.29) is 18.8 Å². The summed E-state index contributed by atoms with van der Waals surface area (Å²) in [7, 11) is 0. The smallest absolute Gasteiger partial charge is 0.207 e. The van der Waals surface area contributed by atoms with E-state index in [4.69, 9.17) is 6.42 Å². The van der Waals surface area contributed by atoms with E-state index in [0.29, 0.717) is 6.42 Å². The number of alkyl halides is 2. The van der Waals surface area contributed by atoms with Crippen molar-refractivity contribution in [2.24, 2.45) is 5.92 Å². The van der Waals surface area contributed by atoms with Crippen LogP contribution in [0.15, 0.2) is 0 Å². The third-order valence-electron chi connectivity index (χ3n) is 1.64. The van der Waals surface area contributed by atoms with Crippen LogP contribution in [0.5, 0.6) is 0 Å². The minimum Gasteiger partial charge on any atom is -0.207 e. The van der Waals surface area contributed by atoms with Gasteiger partial charge in [-0.15, -0.1) is 12.3 Å². The summed E-state index contributed by atoms with van der Waals surface area (Å²) >= 11 is 0. The summed E-state index contributed by atoms with van der Waals surface area (Å²) in [5, 5.41) is 0. The highest BCUT2D eigenvalue weighted by Crippen LogP contribution is 2.38. The fourth-order valence-electron chi connectivity index (χ4n) is 1.09. The molecular formula is C7H8F2. The molecule has 0 spiro atoms. The molecule has 1 aliphatic carbocycles. The molecule has 50 valence electrons. The van der Waals surface area contributed by atoms with Gasteiger partial charge in [-0.2, -0.15) is 0 Å². The van der Waals surface area contributed by atoms with Gasteiger partial charge in [0.15, 0.2) is 0 Å². The van der Waals surface area contributed by atoms with Crippen LogP contribution < -0.4 is 0 Å². The van der Waals surface area contributed by atoms with Crippen LogP contribution in [-0.2, 0) is 0 Å². The molecule has 0 nitrogen and oxygen atoms in total. The zero-order chi connectivity index (χ0) is 6.91. The normalized spacial score (nSPS) is 31.9. The predicted molar refractivity (Wildman–Crippen MR) is 31.1 cm³/mol. The first-order valence-corrected chi connectivity index (χ1v) is 2.98. The van der Waals surface area contributed by atoms with Crippen molar-refractivity contribution >= 4 is 0 Å². The Kier molecular flexibility index (Phi) is 1.44. The molecule has 0 heterocycles. The molecule has 0 bridgehead atoms. The van der Waals surface area contributed by atoms with E-state index in [1.54, 1.807) is 0 Å². The third kappa shape index (κ3) is 1.41. The second-order valence-electron chi connectivity index (χ2n) is 2.46. The van der Waals surface area contributed by atoms with E-state index in [9.17, 15) is 8.78 Å². The van der Waals surface area contributed by atoms with Gasteiger partial charge in [0.05, 0.1) is 0 Å². The molecule has 0 N–H and O–H groups in total. The van der Waals surface area contributed by atoms with Crippen molar-refractivity contribution in [3.8, 4) is 12.3 Å². The van der Waals surface area contributed by atoms with Crippen LogP contribution in [-0.4, -0.2) is 5.92 Å². The summed E-state index contributed by atoms with van der Waals surface area (Å²) in [6, 6.07) is 0. The topological polar surface area (TPSA) is 0 Å². The van der Waals surface area contributed by atoms with Crippen molar-refractivity contribution in [1.29, 1.82) is 0 Å². The van der Waals surface area contributed by atoms with Crippen molar-refractivity contribution in [1.82, 2.24) is 0 Å². The first-order valence-electron chi connectivity index (χ1n) is 2.98. The monoisotopic (exact) mass is 130 g/mol. The van der Waals surface area contributed by atoms with E-state index in [1.807, 2.05) is 0 Å². The second kappa shape index (κ2) is 1.98. The summed E-state index contributed by atoms with van der Waals surface area (Å²) in [6.07, 6.45) is 5.33. The highest BCUT2D eigenvalue weighted by atomic mass is 19.3. The standard InChI is InChI=1S/C7H8F2/c1-2-6-3-4-7(8,9)5-6/h1,6H,3-5H2/t6-/m0/s1. The van der Waals surface area contributed by atoms with Gasteiger partial charge in [-0.1, -0.05) is 0 Å². The fourth-order valence-corrected chi connectivity index (χ4v) is 1.09. The molecule has 0 amide bonds. The molecule has 1 atom stereocenters. The molecule has 1 fully saturated rings. The highest BCUT2D eigenvalue weighted by Gasteiger charge is 2.38. The maximum Gasteiger partial charge on any atom is 0.249 e. The Bertz CT molecular complexity index is 143. The first kappa shape index (κ1) is 6.54. The Labute approximate surface area is 53.3 Å². The van der Waals surface area contributed by atoms with Crippen LogP contribution in [0.25, 0.3) is 0 Å². The van der Waals surface area contributed by atoms with Gasteiger partial charge >= 0.3 is 0 Å². The average Bonchev–Trinajstić information content (AvgIpc) is 2.10. The van der Waals surface area contributed by atoms with Gasteiger partial charge in [0.25, 0.3) is 0 Å². The van der Waals surface area contributed by atoms with Crippen molar-refractivity contribution in [3.05, 3.63) is 0 Å². The van der Waals surface area contributed by atoms with Crippen molar-refractivity contribution in [2.75, 3.05) is 0 Å². The molecule has 0 unspecified atom stereocenters. The molecule has 0 aliphatic heterocycles. The Balaban J connectivity index is 2.50. The van der Waals surface area contributed by atoms with Crippen molar-refractivity contribution in [3.63, 3.8) is 0 Å². The Hall–Kier alpha value is -0.580. The zero-order valence-corrected chi connectivity index (χ0v) is 5.03. The Morgan fingerprint density at radius 1 is 1.56 bits per heavy atom. The van der Waals surface area contributed by atoms with E-state index in [1.165, 1.54) is 0 Å². The van der Waals surface area contributed by atoms with Crippen molar-refractivity contribution < 1.29 is 8.78 Å². The molecular weight excluding hydrogens is 122 g/mol. The molecule has 2 heteroatoms. The van der Waals surface area contributed by atoms with Crippen LogP contribution in [0.1, 0.15) is 19.3 Å². The van der Waals surface area contributed by atoms with E-state index in [2.05, 4.69) is 5.92 Å². The number of rotatable bonds is 0. The van der Waals surface area contributed by atoms with Gasteiger partial charge < -0.3 is 0 Å². The third-order valence-corrected chi connectivity index (χ3v) is 1.64. The van der Waals surface area contributed by atoms with Gasteiger partial charge in [0.1, 0.15) is 0 Å². The maximum atomic E-state index is 12.3. The Morgan fingerprint density at radius 3 is 2.44 bits per heavy atom. The lowest BCUT2D eigenvalue weighted by molar-refractivity contribution is 0.00707. The van der Waals surface area contributed by atoms with Gasteiger partial charge in [-0.3, -0.25) is 0 Å². The lowest BCUT2D eigenvalue weighted by Crippen LogP contribution is -2.08. The minimum atomic E-state index is -2.48. The molecule has 0 radical (unpaired) electrons. The largest absolute Gasteiger partial charge is 0.249 e. The lowest BCUT2D eigenvalue weighted by Gasteiger charge is -2.04. The van der Waals surface area contributed by atoms with Gasteiger partial charge in [0.2, 0.25) is 5.92 Å². The fraction of sp³-hybridized carbons (Fsp3) is 0.714. The summed E-state index contributed by atoms with van der Waals surface area (Å²) in [5.41, 5.74) is 0. The van der Waals surface area contributed by atoms with E-state index in [0.717, 1.165) is 0 Å². The number of hydrogen-bond acceptors (Lipinski definition) is 0. The number of halogens is 2. The molecule has 9 heavy (non-hydrogen) atoms. The Morgan fingerprint density at radius 2 is 2.22 bits per heavy atom. The molecule has 0 aromatic carbocycles. The molecule has 1 saturated carbocycles. The summed E-state index contributed by atoms with van der Waals surface area (Å²) < 4.78 is 24.6. The van der Waals surface area contributed by atoms with Crippen molar-refractivity contribution in [2.45, 2.75) is 25.2 Å². The van der Waals surface area contributed by atoms with Crippen LogP contribution in [0, 0.1) is 18.3 Å². The molecule has 1 aliphatic rings. The summed E-state index contributed by atoms with van der Waals surface area (Å²) in [5.74, 6) is -0.316. The van der Waals surface area contributed by atoms with Crippen LogP contribution >= 0.6 is 0 Å². The second-order valence-corrected chi connectivity index (χ2v) is 2.46. The predicted octanol–water partition coefficient (Wildman–Crippen LogP) is 2.05. The molecule has 0 saturated heterocycles. The first-order chi connectivity index (χ1) is 4.14. The van der Waals surface area contributed by atoms with Crippen LogP contribution in [0.4, 0.5) is 8.78 Å². The zero-order valence-electron chi connectivity index (χ0n) is 5.03. The molecule has 0 aromatic rings. The molecule has 0 aromatic heterocycles. The van der Waals surface area contributed by atoms with Gasteiger partial charge in [-0.25, -0.2) is 8.78 Å². The SMILES string of the molecule is C#C[C@H]1CCC(F)(F)C1. The maximum absolute atomic E-state index is 12.3. The molecule has 1 rings (SSSR count). The van der Waals surface area contributed by atoms with E-state index < -0.39 is 5.92 Å². The quantitative estimate of drug-likeness (QED) is 0.440. The van der Waals surface area contributed by atoms with Crippen LogP contribution in [0.2, 0.25) is 0 Å². The minimum absolute atomic E-state index is 0.0259. The highest BCUT2D eigenvalue weighted by molar-refractivity contribution is 4.99. The number of terminal acetylenes is 1. The van der Waals surface area contributed by atoms with Crippen LogP contribution in [0.3, 0.4) is 0 Å². The average molecular weight is 130 g/mol. The van der Waals surface area contributed by atoms with Gasteiger partial charge in [-0.05, 0) is 6.42 Å². The summed E-state index contributed by atoms with van der Waals surface area (Å²) in [4.78, 5) is 0. The van der Waals surface area contributed by atoms with E-state index >= 15 is 0 Å².